The van der Waals surface area contributed by atoms with Gasteiger partial charge >= 0.3 is 0 Å². The summed E-state index contributed by atoms with van der Waals surface area (Å²) < 4.78 is 0.773. The molecule has 0 amide bonds. The number of rotatable bonds is 4. The second-order valence-corrected chi connectivity index (χ2v) is 6.42. The van der Waals surface area contributed by atoms with Gasteiger partial charge in [0.2, 0.25) is 0 Å². The number of thiophene rings is 1. The summed E-state index contributed by atoms with van der Waals surface area (Å²) in [5.74, 6) is 5.59. The number of halogens is 3. The minimum atomic E-state index is -0.0190. The molecule has 0 aliphatic heterocycles. The van der Waals surface area contributed by atoms with E-state index in [1.165, 1.54) is 0 Å². The molecule has 1 aromatic heterocycles. The molecule has 0 radical (unpaired) electrons. The lowest BCUT2D eigenvalue weighted by molar-refractivity contribution is 0.555. The minimum absolute atomic E-state index is 0.0190. The van der Waals surface area contributed by atoms with E-state index in [-0.39, 0.29) is 6.04 Å². The molecule has 3 N–H and O–H groups in total. The monoisotopic (exact) mass is 320 g/mol. The fourth-order valence-electron chi connectivity index (χ4n) is 1.66. The van der Waals surface area contributed by atoms with Crippen LogP contribution in [0.1, 0.15) is 16.5 Å². The van der Waals surface area contributed by atoms with E-state index in [1.807, 2.05) is 24.3 Å². The third-order valence-corrected chi connectivity index (χ3v) is 4.57. The highest BCUT2D eigenvalue weighted by Gasteiger charge is 2.13. The molecule has 0 fully saturated rings. The minimum Gasteiger partial charge on any atom is -0.271 e. The van der Waals surface area contributed by atoms with Crippen molar-refractivity contribution in [2.75, 3.05) is 0 Å². The molecule has 0 saturated carbocycles. The highest BCUT2D eigenvalue weighted by Crippen LogP contribution is 2.29. The lowest BCUT2D eigenvalue weighted by atomic mass is 10.0. The number of benzene rings is 1. The highest BCUT2D eigenvalue weighted by molar-refractivity contribution is 7.16. The molecular weight excluding hydrogens is 311 g/mol. The average Bonchev–Trinajstić information content (AvgIpc) is 2.75. The van der Waals surface area contributed by atoms with Crippen LogP contribution in [0.4, 0.5) is 0 Å². The molecule has 2 aromatic rings. The van der Waals surface area contributed by atoms with Crippen LogP contribution in [0, 0.1) is 0 Å². The molecule has 0 saturated heterocycles. The van der Waals surface area contributed by atoms with Crippen molar-refractivity contribution in [2.24, 2.45) is 5.84 Å². The molecule has 1 atom stereocenters. The molecule has 18 heavy (non-hydrogen) atoms. The van der Waals surface area contributed by atoms with Crippen LogP contribution in [0.2, 0.25) is 14.4 Å². The highest BCUT2D eigenvalue weighted by atomic mass is 35.5. The molecule has 0 aliphatic carbocycles. The van der Waals surface area contributed by atoms with Crippen LogP contribution in [0.3, 0.4) is 0 Å². The predicted molar refractivity (Wildman–Crippen MR) is 79.6 cm³/mol. The molecule has 1 heterocycles. The predicted octanol–water partition coefficient (Wildman–Crippen LogP) is 4.46. The lowest BCUT2D eigenvalue weighted by Gasteiger charge is -2.16. The molecule has 0 aliphatic rings. The second-order valence-electron chi connectivity index (χ2n) is 3.80. The summed E-state index contributed by atoms with van der Waals surface area (Å²) >= 11 is 19.3. The molecule has 0 bridgehead atoms. The van der Waals surface area contributed by atoms with Crippen molar-refractivity contribution < 1.29 is 0 Å². The van der Waals surface area contributed by atoms with Gasteiger partial charge in [-0.25, -0.2) is 0 Å². The molecular formula is C12H11Cl3N2S. The maximum atomic E-state index is 6.00. The number of nitrogens with one attached hydrogen (secondary N) is 1. The van der Waals surface area contributed by atoms with Crippen molar-refractivity contribution in [1.82, 2.24) is 5.43 Å². The van der Waals surface area contributed by atoms with E-state index in [0.29, 0.717) is 10.0 Å². The van der Waals surface area contributed by atoms with Gasteiger partial charge in [-0.3, -0.25) is 11.3 Å². The maximum absolute atomic E-state index is 6.00. The molecule has 2 nitrogen and oxygen atoms in total. The van der Waals surface area contributed by atoms with E-state index in [2.05, 4.69) is 5.43 Å². The van der Waals surface area contributed by atoms with Gasteiger partial charge in [0.25, 0.3) is 0 Å². The molecule has 1 unspecified atom stereocenters. The SMILES string of the molecule is NNC(Cc1ccc(Cl)s1)c1ccc(Cl)c(Cl)c1. The van der Waals surface area contributed by atoms with E-state index < -0.39 is 0 Å². The Labute approximate surface area is 125 Å². The van der Waals surface area contributed by atoms with E-state index in [4.69, 9.17) is 40.6 Å². The van der Waals surface area contributed by atoms with Gasteiger partial charge in [0.15, 0.2) is 0 Å². The van der Waals surface area contributed by atoms with Crippen molar-refractivity contribution in [3.63, 3.8) is 0 Å². The van der Waals surface area contributed by atoms with Crippen molar-refractivity contribution in [3.05, 3.63) is 55.2 Å². The summed E-state index contributed by atoms with van der Waals surface area (Å²) in [6, 6.07) is 9.36. The van der Waals surface area contributed by atoms with Crippen molar-refractivity contribution in [2.45, 2.75) is 12.5 Å². The molecule has 1 aromatic carbocycles. The summed E-state index contributed by atoms with van der Waals surface area (Å²) in [6.07, 6.45) is 0.756. The summed E-state index contributed by atoms with van der Waals surface area (Å²) in [7, 11) is 0. The Kier molecular flexibility index (Phi) is 4.90. The fraction of sp³-hybridized carbons (Fsp3) is 0.167. The van der Waals surface area contributed by atoms with Crippen molar-refractivity contribution in [3.8, 4) is 0 Å². The first kappa shape index (κ1) is 14.1. The third-order valence-electron chi connectivity index (χ3n) is 2.58. The quantitative estimate of drug-likeness (QED) is 0.644. The first-order valence-electron chi connectivity index (χ1n) is 5.25. The van der Waals surface area contributed by atoms with E-state index in [9.17, 15) is 0 Å². The van der Waals surface area contributed by atoms with E-state index in [0.717, 1.165) is 21.2 Å². The Bertz CT molecular complexity index is 542. The summed E-state index contributed by atoms with van der Waals surface area (Å²) in [6.45, 7) is 0. The topological polar surface area (TPSA) is 38.0 Å². The normalized spacial score (nSPS) is 12.7. The van der Waals surface area contributed by atoms with Crippen LogP contribution in [-0.2, 0) is 6.42 Å². The Morgan fingerprint density at radius 2 is 1.89 bits per heavy atom. The van der Waals surface area contributed by atoms with Gasteiger partial charge in [0.1, 0.15) is 0 Å². The smallest absolute Gasteiger partial charge is 0.0931 e. The van der Waals surface area contributed by atoms with Crippen LogP contribution in [0.5, 0.6) is 0 Å². The van der Waals surface area contributed by atoms with Gasteiger partial charge in [0, 0.05) is 11.3 Å². The van der Waals surface area contributed by atoms with Gasteiger partial charge in [-0.1, -0.05) is 40.9 Å². The van der Waals surface area contributed by atoms with E-state index in [1.54, 1.807) is 17.4 Å². The molecule has 2 rings (SSSR count). The number of hydrogen-bond donors (Lipinski definition) is 2. The number of hydrogen-bond acceptors (Lipinski definition) is 3. The summed E-state index contributed by atoms with van der Waals surface area (Å²) in [5.41, 5.74) is 3.78. The second kappa shape index (κ2) is 6.24. The maximum Gasteiger partial charge on any atom is 0.0931 e. The van der Waals surface area contributed by atoms with Gasteiger partial charge in [0.05, 0.1) is 20.4 Å². The first-order chi connectivity index (χ1) is 8.60. The van der Waals surface area contributed by atoms with Gasteiger partial charge in [-0.15, -0.1) is 11.3 Å². The van der Waals surface area contributed by atoms with Gasteiger partial charge in [-0.2, -0.15) is 0 Å². The standard InChI is InChI=1S/C12H11Cl3N2S/c13-9-3-1-7(5-10(9)14)11(17-16)6-8-2-4-12(15)18-8/h1-5,11,17H,6,16H2. The number of nitrogens with two attached hydrogens (primary N) is 1. The largest absolute Gasteiger partial charge is 0.271 e. The number of hydrazine groups is 1. The zero-order valence-corrected chi connectivity index (χ0v) is 12.4. The molecule has 96 valence electrons. The molecule has 6 heteroatoms. The van der Waals surface area contributed by atoms with Crippen LogP contribution in [-0.4, -0.2) is 0 Å². The Balaban J connectivity index is 2.19. The van der Waals surface area contributed by atoms with Crippen LogP contribution >= 0.6 is 46.1 Å². The average molecular weight is 322 g/mol. The van der Waals surface area contributed by atoms with Crippen molar-refractivity contribution >= 4 is 46.1 Å². The van der Waals surface area contributed by atoms with E-state index >= 15 is 0 Å². The van der Waals surface area contributed by atoms with Gasteiger partial charge in [-0.05, 0) is 29.8 Å². The zero-order chi connectivity index (χ0) is 13.1. The first-order valence-corrected chi connectivity index (χ1v) is 7.20. The summed E-state index contributed by atoms with van der Waals surface area (Å²) in [4.78, 5) is 1.16. The van der Waals surface area contributed by atoms with Crippen molar-refractivity contribution in [1.29, 1.82) is 0 Å². The Morgan fingerprint density at radius 1 is 1.11 bits per heavy atom. The summed E-state index contributed by atoms with van der Waals surface area (Å²) in [5, 5.41) is 1.06. The van der Waals surface area contributed by atoms with Gasteiger partial charge < -0.3 is 0 Å². The Hall–Kier alpha value is -0.290. The van der Waals surface area contributed by atoms with Crippen LogP contribution in [0.25, 0.3) is 0 Å². The zero-order valence-electron chi connectivity index (χ0n) is 9.29. The van der Waals surface area contributed by atoms with Crippen LogP contribution in [0.15, 0.2) is 30.3 Å². The van der Waals surface area contributed by atoms with Crippen LogP contribution < -0.4 is 11.3 Å². The Morgan fingerprint density at radius 3 is 2.44 bits per heavy atom. The molecule has 0 spiro atoms. The third kappa shape index (κ3) is 3.38. The fourth-order valence-corrected chi connectivity index (χ4v) is 3.10. The lowest BCUT2D eigenvalue weighted by Crippen LogP contribution is -2.29.